The fourth-order valence-corrected chi connectivity index (χ4v) is 3.43. The summed E-state index contributed by atoms with van der Waals surface area (Å²) in [5.74, 6) is 0.659. The van der Waals surface area contributed by atoms with E-state index in [-0.39, 0.29) is 0 Å². The lowest BCUT2D eigenvalue weighted by molar-refractivity contribution is 0.602. The van der Waals surface area contributed by atoms with Gasteiger partial charge in [-0.15, -0.1) is 0 Å². The van der Waals surface area contributed by atoms with Gasteiger partial charge in [-0.05, 0) is 30.2 Å². The molecule has 6 nitrogen and oxygen atoms in total. The largest absolute Gasteiger partial charge is 0.356 e. The molecule has 0 aliphatic rings. The zero-order valence-corrected chi connectivity index (χ0v) is 17.2. The molecule has 0 saturated carbocycles. The normalized spacial score (nSPS) is 12.3. The van der Waals surface area contributed by atoms with Crippen LogP contribution in [0.5, 0.6) is 0 Å². The fraction of sp³-hybridized carbons (Fsp3) is 0.353. The molecule has 0 atom stereocenters. The van der Waals surface area contributed by atoms with Crippen LogP contribution in [0, 0.1) is 0 Å². The highest BCUT2D eigenvalue weighted by molar-refractivity contribution is 7.90. The fourth-order valence-electron chi connectivity index (χ4n) is 2.38. The molecule has 1 heterocycles. The molecule has 0 radical (unpaired) electrons. The van der Waals surface area contributed by atoms with Crippen molar-refractivity contribution in [2.45, 2.75) is 17.9 Å². The zero-order valence-electron chi connectivity index (χ0n) is 14.9. The predicted octanol–water partition coefficient (Wildman–Crippen LogP) is 2.64. The molecule has 2 aromatic rings. The summed E-state index contributed by atoms with van der Waals surface area (Å²) >= 11 is 12.1. The van der Waals surface area contributed by atoms with Crippen LogP contribution in [0.15, 0.2) is 40.2 Å². The van der Waals surface area contributed by atoms with E-state index in [1.54, 1.807) is 19.2 Å². The Hall–Kier alpha value is -1.70. The first-order valence-electron chi connectivity index (χ1n) is 7.95. The Labute approximate surface area is 164 Å². The van der Waals surface area contributed by atoms with Gasteiger partial charge in [-0.1, -0.05) is 35.3 Å². The topological polar surface area (TPSA) is 75.5 Å². The van der Waals surface area contributed by atoms with Gasteiger partial charge >= 0.3 is 0 Å². The lowest BCUT2D eigenvalue weighted by Crippen LogP contribution is -2.38. The molecule has 2 rings (SSSR count). The van der Waals surface area contributed by atoms with E-state index in [2.05, 4.69) is 15.6 Å². The Morgan fingerprint density at radius 3 is 2.35 bits per heavy atom. The first kappa shape index (κ1) is 20.6. The Kier molecular flexibility index (Phi) is 6.97. The van der Waals surface area contributed by atoms with E-state index in [1.807, 2.05) is 29.8 Å². The van der Waals surface area contributed by atoms with Crippen molar-refractivity contribution in [1.29, 1.82) is 0 Å². The van der Waals surface area contributed by atoms with Gasteiger partial charge in [0.1, 0.15) is 5.15 Å². The number of benzene rings is 1. The number of nitrogens with zero attached hydrogens (tertiary/aromatic N) is 2. The number of aliphatic imine (C=N–C) groups is 1. The van der Waals surface area contributed by atoms with E-state index in [0.717, 1.165) is 17.7 Å². The number of nitrogens with one attached hydrogen (secondary N) is 2. The lowest BCUT2D eigenvalue weighted by atomic mass is 10.1. The van der Waals surface area contributed by atoms with Crippen LogP contribution < -0.4 is 10.6 Å². The van der Waals surface area contributed by atoms with Crippen molar-refractivity contribution in [2.24, 2.45) is 12.0 Å². The van der Waals surface area contributed by atoms with Gasteiger partial charge in [-0.3, -0.25) is 4.99 Å². The second-order valence-electron chi connectivity index (χ2n) is 5.85. The summed E-state index contributed by atoms with van der Waals surface area (Å²) in [6.45, 7) is 1.19. The van der Waals surface area contributed by atoms with Crippen molar-refractivity contribution >= 4 is 39.0 Å². The highest BCUT2D eigenvalue weighted by Gasteiger charge is 2.09. The van der Waals surface area contributed by atoms with Gasteiger partial charge in [0, 0.05) is 32.6 Å². The molecule has 2 N–H and O–H groups in total. The minimum atomic E-state index is -3.16. The summed E-state index contributed by atoms with van der Waals surface area (Å²) in [4.78, 5) is 4.51. The van der Waals surface area contributed by atoms with Crippen molar-refractivity contribution < 1.29 is 8.42 Å². The molecular formula is C17H22Cl2N4O2S. The van der Waals surface area contributed by atoms with E-state index >= 15 is 0 Å². The van der Waals surface area contributed by atoms with E-state index in [1.165, 1.54) is 6.26 Å². The van der Waals surface area contributed by atoms with Gasteiger partial charge in [-0.25, -0.2) is 8.42 Å². The second-order valence-corrected chi connectivity index (χ2v) is 8.63. The standard InChI is InChI=1S/C17H22Cl2N4O2S/c1-20-17(22-11-13-10-15(18)16(19)23(13)2)21-9-8-12-4-6-14(7-5-12)26(3,24)25/h4-7,10H,8-9,11H2,1-3H3,(H2,20,21,22). The first-order valence-corrected chi connectivity index (χ1v) is 10.6. The minimum Gasteiger partial charge on any atom is -0.356 e. The number of rotatable bonds is 6. The maximum absolute atomic E-state index is 11.5. The van der Waals surface area contributed by atoms with Crippen LogP contribution in [0.1, 0.15) is 11.3 Å². The summed E-state index contributed by atoms with van der Waals surface area (Å²) in [7, 11) is 0.383. The molecule has 0 amide bonds. The second kappa shape index (κ2) is 8.79. The zero-order chi connectivity index (χ0) is 19.3. The van der Waals surface area contributed by atoms with Crippen molar-refractivity contribution in [3.05, 3.63) is 51.8 Å². The van der Waals surface area contributed by atoms with Crippen molar-refractivity contribution in [3.8, 4) is 0 Å². The molecule has 0 fully saturated rings. The third-order valence-corrected chi connectivity index (χ3v) is 5.90. The molecule has 0 spiro atoms. The van der Waals surface area contributed by atoms with E-state index in [4.69, 9.17) is 23.2 Å². The van der Waals surface area contributed by atoms with Crippen LogP contribution in [0.4, 0.5) is 0 Å². The maximum atomic E-state index is 11.5. The summed E-state index contributed by atoms with van der Waals surface area (Å²) in [5.41, 5.74) is 1.99. The Morgan fingerprint density at radius 2 is 1.85 bits per heavy atom. The molecule has 1 aromatic heterocycles. The van der Waals surface area contributed by atoms with Crippen LogP contribution in [0.25, 0.3) is 0 Å². The van der Waals surface area contributed by atoms with Crippen LogP contribution in [0.3, 0.4) is 0 Å². The number of halogens is 2. The minimum absolute atomic E-state index is 0.326. The van der Waals surface area contributed by atoms with Gasteiger partial charge in [0.2, 0.25) is 0 Å². The summed E-state index contributed by atoms with van der Waals surface area (Å²) in [6, 6.07) is 8.71. The third-order valence-electron chi connectivity index (χ3n) is 3.93. The highest BCUT2D eigenvalue weighted by Crippen LogP contribution is 2.24. The van der Waals surface area contributed by atoms with Gasteiger partial charge in [-0.2, -0.15) is 0 Å². The number of hydrogen-bond donors (Lipinski definition) is 2. The number of hydrogen-bond acceptors (Lipinski definition) is 3. The molecule has 26 heavy (non-hydrogen) atoms. The van der Waals surface area contributed by atoms with Gasteiger partial charge in [0.25, 0.3) is 0 Å². The molecule has 9 heteroatoms. The molecule has 142 valence electrons. The molecule has 0 aliphatic carbocycles. The summed E-state index contributed by atoms with van der Waals surface area (Å²) < 4.78 is 24.7. The smallest absolute Gasteiger partial charge is 0.191 e. The third kappa shape index (κ3) is 5.40. The Morgan fingerprint density at radius 1 is 1.19 bits per heavy atom. The summed E-state index contributed by atoms with van der Waals surface area (Å²) in [6.07, 6.45) is 1.94. The lowest BCUT2D eigenvalue weighted by Gasteiger charge is -2.12. The molecule has 0 saturated heterocycles. The van der Waals surface area contributed by atoms with Crippen LogP contribution in [0.2, 0.25) is 10.2 Å². The molecule has 1 aromatic carbocycles. The molecule has 0 aliphatic heterocycles. The Bertz CT molecular complexity index is 890. The van der Waals surface area contributed by atoms with Gasteiger partial charge in [0.15, 0.2) is 15.8 Å². The van der Waals surface area contributed by atoms with Crippen LogP contribution in [-0.2, 0) is 29.9 Å². The Balaban J connectivity index is 1.84. The number of sulfone groups is 1. The monoisotopic (exact) mass is 416 g/mol. The number of guanidine groups is 1. The van der Waals surface area contributed by atoms with Gasteiger partial charge < -0.3 is 15.2 Å². The van der Waals surface area contributed by atoms with Crippen molar-refractivity contribution in [2.75, 3.05) is 19.8 Å². The molecular weight excluding hydrogens is 395 g/mol. The SMILES string of the molecule is CN=C(NCCc1ccc(S(C)(=O)=O)cc1)NCc1cc(Cl)c(Cl)n1C. The van der Waals surface area contributed by atoms with Crippen LogP contribution >= 0.6 is 23.2 Å². The average molecular weight is 417 g/mol. The highest BCUT2D eigenvalue weighted by atomic mass is 35.5. The number of aromatic nitrogens is 1. The quantitative estimate of drug-likeness (QED) is 0.560. The average Bonchev–Trinajstić information content (AvgIpc) is 2.84. The van der Waals surface area contributed by atoms with Crippen molar-refractivity contribution in [1.82, 2.24) is 15.2 Å². The molecule has 0 unspecified atom stereocenters. The molecule has 0 bridgehead atoms. The first-order chi connectivity index (χ1) is 12.2. The van der Waals surface area contributed by atoms with E-state index in [0.29, 0.717) is 34.1 Å². The van der Waals surface area contributed by atoms with Crippen LogP contribution in [-0.4, -0.2) is 38.8 Å². The van der Waals surface area contributed by atoms with E-state index < -0.39 is 9.84 Å². The predicted molar refractivity (Wildman–Crippen MR) is 107 cm³/mol. The van der Waals surface area contributed by atoms with E-state index in [9.17, 15) is 8.42 Å². The maximum Gasteiger partial charge on any atom is 0.191 e. The van der Waals surface area contributed by atoms with Crippen molar-refractivity contribution in [3.63, 3.8) is 0 Å². The van der Waals surface area contributed by atoms with Gasteiger partial charge in [0.05, 0.1) is 16.5 Å². The summed E-state index contributed by atoms with van der Waals surface area (Å²) in [5, 5.41) is 7.45.